The molecule has 0 saturated heterocycles. The summed E-state index contributed by atoms with van der Waals surface area (Å²) in [6, 6.07) is 3.06. The molecule has 0 bridgehead atoms. The third kappa shape index (κ3) is 1.25. The van der Waals surface area contributed by atoms with Crippen molar-refractivity contribution in [2.24, 2.45) is 0 Å². The number of phenolic OH excluding ortho intramolecular Hbond substituents is 1. The number of hydrogen-bond donors (Lipinski definition) is 1. The van der Waals surface area contributed by atoms with Crippen LogP contribution in [0.15, 0.2) is 12.1 Å². The van der Waals surface area contributed by atoms with Crippen LogP contribution >= 0.6 is 0 Å². The molecule has 0 amide bonds. The normalized spacial score (nSPS) is 9.50. The molecule has 0 spiro atoms. The Morgan fingerprint density at radius 1 is 1.50 bits per heavy atom. The summed E-state index contributed by atoms with van der Waals surface area (Å²) in [5.74, 6) is 0.596. The molecule has 3 heteroatoms. The highest BCUT2D eigenvalue weighted by molar-refractivity contribution is 5.82. The van der Waals surface area contributed by atoms with Crippen LogP contribution in [-0.2, 0) is 0 Å². The van der Waals surface area contributed by atoms with Gasteiger partial charge < -0.3 is 9.84 Å². The summed E-state index contributed by atoms with van der Waals surface area (Å²) < 4.78 is 4.97. The van der Waals surface area contributed by atoms with Gasteiger partial charge in [-0.1, -0.05) is 0 Å². The molecular formula is C9H10O3. The second-order valence-electron chi connectivity index (χ2n) is 2.44. The summed E-state index contributed by atoms with van der Waals surface area (Å²) in [4.78, 5) is 10.5. The molecule has 12 heavy (non-hydrogen) atoms. The molecule has 0 fully saturated rings. The van der Waals surface area contributed by atoms with E-state index >= 15 is 0 Å². The van der Waals surface area contributed by atoms with Gasteiger partial charge in [0.1, 0.15) is 11.5 Å². The Kier molecular flexibility index (Phi) is 2.33. The molecule has 64 valence electrons. The van der Waals surface area contributed by atoms with Crippen LogP contribution in [0.1, 0.15) is 15.9 Å². The van der Waals surface area contributed by atoms with Crippen molar-refractivity contribution < 1.29 is 14.6 Å². The topological polar surface area (TPSA) is 46.5 Å². The van der Waals surface area contributed by atoms with E-state index in [4.69, 9.17) is 4.74 Å². The summed E-state index contributed by atoms with van der Waals surface area (Å²) in [7, 11) is 1.52. The molecule has 3 nitrogen and oxygen atoms in total. The number of ether oxygens (including phenoxy) is 1. The highest BCUT2D eigenvalue weighted by Crippen LogP contribution is 2.26. The number of phenols is 1. The van der Waals surface area contributed by atoms with Crippen LogP contribution in [0.3, 0.4) is 0 Å². The maximum atomic E-state index is 10.5. The average Bonchev–Trinajstić information content (AvgIpc) is 2.06. The predicted molar refractivity (Wildman–Crippen MR) is 44.8 cm³/mol. The summed E-state index contributed by atoms with van der Waals surface area (Å²) >= 11 is 0. The molecule has 1 rings (SSSR count). The highest BCUT2D eigenvalue weighted by Gasteiger charge is 2.07. The Labute approximate surface area is 70.6 Å². The lowest BCUT2D eigenvalue weighted by atomic mass is 10.1. The molecule has 0 unspecified atom stereocenters. The molecular weight excluding hydrogens is 156 g/mol. The van der Waals surface area contributed by atoms with Crippen molar-refractivity contribution in [1.82, 2.24) is 0 Å². The smallest absolute Gasteiger partial charge is 0.154 e. The van der Waals surface area contributed by atoms with Gasteiger partial charge in [-0.05, 0) is 19.1 Å². The molecule has 0 aromatic heterocycles. The first-order valence-corrected chi connectivity index (χ1v) is 3.52. The third-order valence-corrected chi connectivity index (χ3v) is 1.78. The van der Waals surface area contributed by atoms with E-state index in [0.29, 0.717) is 17.6 Å². The van der Waals surface area contributed by atoms with Crippen LogP contribution in [0.5, 0.6) is 11.5 Å². The quantitative estimate of drug-likeness (QED) is 0.677. The SMILES string of the molecule is COc1ccc(O)c(C=O)c1C. The summed E-state index contributed by atoms with van der Waals surface area (Å²) in [6.45, 7) is 1.72. The van der Waals surface area contributed by atoms with Crippen LogP contribution in [0, 0.1) is 6.92 Å². The summed E-state index contributed by atoms with van der Waals surface area (Å²) in [5, 5.41) is 9.22. The lowest BCUT2D eigenvalue weighted by molar-refractivity contribution is 0.112. The van der Waals surface area contributed by atoms with Crippen molar-refractivity contribution in [2.75, 3.05) is 7.11 Å². The van der Waals surface area contributed by atoms with Gasteiger partial charge in [0.2, 0.25) is 0 Å². The van der Waals surface area contributed by atoms with Crippen LogP contribution in [0.4, 0.5) is 0 Å². The fourth-order valence-electron chi connectivity index (χ4n) is 1.06. The van der Waals surface area contributed by atoms with E-state index in [1.54, 1.807) is 13.0 Å². The van der Waals surface area contributed by atoms with Crippen LogP contribution < -0.4 is 4.74 Å². The molecule has 1 aromatic carbocycles. The van der Waals surface area contributed by atoms with Crippen LogP contribution in [-0.4, -0.2) is 18.5 Å². The van der Waals surface area contributed by atoms with Gasteiger partial charge in [0.25, 0.3) is 0 Å². The van der Waals surface area contributed by atoms with Crippen LogP contribution in [0.2, 0.25) is 0 Å². The highest BCUT2D eigenvalue weighted by atomic mass is 16.5. The minimum Gasteiger partial charge on any atom is -0.507 e. The Morgan fingerprint density at radius 2 is 2.17 bits per heavy atom. The minimum atomic E-state index is -0.0108. The zero-order chi connectivity index (χ0) is 9.14. The first-order chi connectivity index (χ1) is 5.70. The fourth-order valence-corrected chi connectivity index (χ4v) is 1.06. The predicted octanol–water partition coefficient (Wildman–Crippen LogP) is 1.52. The third-order valence-electron chi connectivity index (χ3n) is 1.78. The van der Waals surface area contributed by atoms with E-state index in [0.717, 1.165) is 0 Å². The maximum absolute atomic E-state index is 10.5. The lowest BCUT2D eigenvalue weighted by Gasteiger charge is -2.07. The largest absolute Gasteiger partial charge is 0.507 e. The van der Waals surface area contributed by atoms with Gasteiger partial charge in [-0.25, -0.2) is 0 Å². The van der Waals surface area contributed by atoms with Crippen molar-refractivity contribution in [1.29, 1.82) is 0 Å². The van der Waals surface area contributed by atoms with Gasteiger partial charge in [-0.2, -0.15) is 0 Å². The number of methoxy groups -OCH3 is 1. The number of benzene rings is 1. The van der Waals surface area contributed by atoms with E-state index < -0.39 is 0 Å². The van der Waals surface area contributed by atoms with Gasteiger partial charge in [0.05, 0.1) is 12.7 Å². The number of rotatable bonds is 2. The zero-order valence-corrected chi connectivity index (χ0v) is 7.00. The second kappa shape index (κ2) is 3.26. The van der Waals surface area contributed by atoms with Gasteiger partial charge in [-0.3, -0.25) is 4.79 Å². The van der Waals surface area contributed by atoms with E-state index in [9.17, 15) is 9.90 Å². The first kappa shape index (κ1) is 8.59. The van der Waals surface area contributed by atoms with Crippen molar-refractivity contribution in [3.05, 3.63) is 23.3 Å². The number of hydrogen-bond acceptors (Lipinski definition) is 3. The molecule has 0 saturated carbocycles. The lowest BCUT2D eigenvalue weighted by Crippen LogP contribution is -1.92. The molecule has 0 aliphatic rings. The second-order valence-corrected chi connectivity index (χ2v) is 2.44. The van der Waals surface area contributed by atoms with Crippen molar-refractivity contribution in [3.8, 4) is 11.5 Å². The molecule has 0 aliphatic heterocycles. The van der Waals surface area contributed by atoms with E-state index in [1.807, 2.05) is 0 Å². The Bertz CT molecular complexity index is 305. The molecule has 0 radical (unpaired) electrons. The fraction of sp³-hybridized carbons (Fsp3) is 0.222. The maximum Gasteiger partial charge on any atom is 0.154 e. The number of carbonyl (C=O) groups is 1. The monoisotopic (exact) mass is 166 g/mol. The summed E-state index contributed by atoms with van der Waals surface area (Å²) in [6.07, 6.45) is 0.618. The Balaban J connectivity index is 3.33. The van der Waals surface area contributed by atoms with Crippen molar-refractivity contribution in [3.63, 3.8) is 0 Å². The summed E-state index contributed by atoms with van der Waals surface area (Å²) in [5.41, 5.74) is 0.946. The number of carbonyl (C=O) groups excluding carboxylic acids is 1. The van der Waals surface area contributed by atoms with Gasteiger partial charge >= 0.3 is 0 Å². The zero-order valence-electron chi connectivity index (χ0n) is 7.00. The average molecular weight is 166 g/mol. The molecule has 1 N–H and O–H groups in total. The molecule has 0 aliphatic carbocycles. The standard InChI is InChI=1S/C9H10O3/c1-6-7(5-10)8(11)3-4-9(6)12-2/h3-5,11H,1-2H3. The van der Waals surface area contributed by atoms with E-state index in [-0.39, 0.29) is 11.3 Å². The van der Waals surface area contributed by atoms with E-state index in [2.05, 4.69) is 0 Å². The first-order valence-electron chi connectivity index (χ1n) is 3.52. The van der Waals surface area contributed by atoms with Gasteiger partial charge in [0, 0.05) is 5.56 Å². The van der Waals surface area contributed by atoms with Crippen molar-refractivity contribution >= 4 is 6.29 Å². The Hall–Kier alpha value is -1.51. The Morgan fingerprint density at radius 3 is 2.67 bits per heavy atom. The van der Waals surface area contributed by atoms with E-state index in [1.165, 1.54) is 13.2 Å². The number of aromatic hydroxyl groups is 1. The number of aldehydes is 1. The van der Waals surface area contributed by atoms with Crippen LogP contribution in [0.25, 0.3) is 0 Å². The molecule has 1 aromatic rings. The van der Waals surface area contributed by atoms with Crippen molar-refractivity contribution in [2.45, 2.75) is 6.92 Å². The molecule has 0 heterocycles. The van der Waals surface area contributed by atoms with Gasteiger partial charge in [-0.15, -0.1) is 0 Å². The molecule has 0 atom stereocenters. The van der Waals surface area contributed by atoms with Gasteiger partial charge in [0.15, 0.2) is 6.29 Å². The minimum absolute atomic E-state index is 0.0108.